The SMILES string of the molecule is CC1CCC(CN2C(=S)N(CCCC[C@H]3CN=C(CCCc4ccccc4)N3)C[C@H]2c2ccccc2)CC1. The molecular formula is C33H46N4S. The minimum Gasteiger partial charge on any atom is -0.369 e. The van der Waals surface area contributed by atoms with Crippen LogP contribution in [0.15, 0.2) is 65.7 Å². The third-order valence-electron chi connectivity index (χ3n) is 8.89. The lowest BCUT2D eigenvalue weighted by molar-refractivity contribution is 0.223. The van der Waals surface area contributed by atoms with Gasteiger partial charge in [-0.05, 0) is 80.1 Å². The Morgan fingerprint density at radius 1 is 0.895 bits per heavy atom. The molecule has 1 saturated carbocycles. The van der Waals surface area contributed by atoms with Crippen molar-refractivity contribution in [2.24, 2.45) is 16.8 Å². The van der Waals surface area contributed by atoms with Gasteiger partial charge in [-0.1, -0.05) is 80.4 Å². The summed E-state index contributed by atoms with van der Waals surface area (Å²) in [6.07, 6.45) is 12.4. The van der Waals surface area contributed by atoms with Crippen LogP contribution in [0.1, 0.15) is 81.9 Å². The molecule has 5 heteroatoms. The highest BCUT2D eigenvalue weighted by molar-refractivity contribution is 7.80. The molecule has 38 heavy (non-hydrogen) atoms. The van der Waals surface area contributed by atoms with Gasteiger partial charge in [0.2, 0.25) is 0 Å². The van der Waals surface area contributed by atoms with E-state index < -0.39 is 0 Å². The minimum atomic E-state index is 0.395. The van der Waals surface area contributed by atoms with Crippen molar-refractivity contribution in [3.63, 3.8) is 0 Å². The summed E-state index contributed by atoms with van der Waals surface area (Å²) in [5.41, 5.74) is 2.83. The van der Waals surface area contributed by atoms with E-state index in [1.54, 1.807) is 0 Å². The molecule has 1 N–H and O–H groups in total. The normalized spacial score (nSPS) is 25.5. The molecule has 0 unspecified atom stereocenters. The van der Waals surface area contributed by atoms with Gasteiger partial charge in [0.05, 0.1) is 18.4 Å². The van der Waals surface area contributed by atoms with E-state index in [1.165, 1.54) is 61.9 Å². The van der Waals surface area contributed by atoms with Crippen molar-refractivity contribution in [2.45, 2.75) is 83.2 Å². The minimum absolute atomic E-state index is 0.395. The highest BCUT2D eigenvalue weighted by atomic mass is 32.1. The fourth-order valence-corrected chi connectivity index (χ4v) is 6.87. The van der Waals surface area contributed by atoms with Crippen molar-refractivity contribution in [2.75, 3.05) is 26.2 Å². The number of aryl methyl sites for hydroxylation is 1. The zero-order valence-electron chi connectivity index (χ0n) is 23.2. The van der Waals surface area contributed by atoms with Crippen molar-refractivity contribution in [1.29, 1.82) is 0 Å². The van der Waals surface area contributed by atoms with E-state index >= 15 is 0 Å². The molecule has 0 radical (unpaired) electrons. The maximum Gasteiger partial charge on any atom is 0.172 e. The highest BCUT2D eigenvalue weighted by Gasteiger charge is 2.36. The Kier molecular flexibility index (Phi) is 9.72. The third-order valence-corrected chi connectivity index (χ3v) is 9.38. The standard InChI is InChI=1S/C33H46N4S/c1-26-18-20-28(21-19-26)24-37-31(29-14-6-3-7-15-29)25-36(33(37)38)22-9-8-16-30-23-34-32(35-30)17-10-13-27-11-4-2-5-12-27/h2-7,11-12,14-15,26,28,30-31H,8-10,13,16-25H2,1H3,(H,34,35)/t26?,28?,30-,31-/m0/s1. The number of rotatable bonds is 12. The van der Waals surface area contributed by atoms with Gasteiger partial charge in [-0.15, -0.1) is 0 Å². The number of unbranched alkanes of at least 4 members (excludes halogenated alkanes) is 1. The second-order valence-corrected chi connectivity index (χ2v) is 12.3. The van der Waals surface area contributed by atoms with Gasteiger partial charge in [-0.25, -0.2) is 0 Å². The van der Waals surface area contributed by atoms with Gasteiger partial charge in [0.25, 0.3) is 0 Å². The van der Waals surface area contributed by atoms with Crippen molar-refractivity contribution in [1.82, 2.24) is 15.1 Å². The average Bonchev–Trinajstić information content (AvgIpc) is 3.53. The second-order valence-electron chi connectivity index (χ2n) is 11.9. The lowest BCUT2D eigenvalue weighted by Gasteiger charge is -2.33. The number of aliphatic imine (C=N–C) groups is 1. The Morgan fingerprint density at radius 2 is 1.63 bits per heavy atom. The molecule has 2 heterocycles. The van der Waals surface area contributed by atoms with E-state index in [1.807, 2.05) is 0 Å². The molecule has 2 aromatic carbocycles. The van der Waals surface area contributed by atoms with Gasteiger partial charge in [-0.3, -0.25) is 4.99 Å². The van der Waals surface area contributed by atoms with Crippen molar-refractivity contribution >= 4 is 23.2 Å². The van der Waals surface area contributed by atoms with Crippen LogP contribution in [-0.2, 0) is 6.42 Å². The number of nitrogens with one attached hydrogen (secondary N) is 1. The van der Waals surface area contributed by atoms with Gasteiger partial charge in [0, 0.05) is 32.1 Å². The molecule has 1 aliphatic carbocycles. The summed E-state index contributed by atoms with van der Waals surface area (Å²) in [4.78, 5) is 9.86. The molecule has 2 aromatic rings. The largest absolute Gasteiger partial charge is 0.369 e. The topological polar surface area (TPSA) is 30.9 Å². The molecule has 0 spiro atoms. The van der Waals surface area contributed by atoms with Crippen molar-refractivity contribution in [3.8, 4) is 0 Å². The van der Waals surface area contributed by atoms with Crippen LogP contribution in [0, 0.1) is 11.8 Å². The summed E-state index contributed by atoms with van der Waals surface area (Å²) < 4.78 is 0. The number of nitrogens with zero attached hydrogens (tertiary/aromatic N) is 3. The fraction of sp³-hybridized carbons (Fsp3) is 0.576. The van der Waals surface area contributed by atoms with E-state index in [4.69, 9.17) is 17.2 Å². The van der Waals surface area contributed by atoms with Crippen LogP contribution in [0.3, 0.4) is 0 Å². The molecule has 204 valence electrons. The van der Waals surface area contributed by atoms with Gasteiger partial charge in [0.15, 0.2) is 5.11 Å². The summed E-state index contributed by atoms with van der Waals surface area (Å²) in [6.45, 7) is 6.57. The predicted molar refractivity (Wildman–Crippen MR) is 164 cm³/mol. The van der Waals surface area contributed by atoms with Gasteiger partial charge >= 0.3 is 0 Å². The van der Waals surface area contributed by atoms with Crippen LogP contribution in [-0.4, -0.2) is 53.0 Å². The molecule has 4 nitrogen and oxygen atoms in total. The summed E-state index contributed by atoms with van der Waals surface area (Å²) in [7, 11) is 0. The highest BCUT2D eigenvalue weighted by Crippen LogP contribution is 2.35. The van der Waals surface area contributed by atoms with Crippen LogP contribution >= 0.6 is 12.2 Å². The molecule has 1 saturated heterocycles. The monoisotopic (exact) mass is 530 g/mol. The predicted octanol–water partition coefficient (Wildman–Crippen LogP) is 7.02. The van der Waals surface area contributed by atoms with Crippen LogP contribution in [0.5, 0.6) is 0 Å². The number of hydrogen-bond donors (Lipinski definition) is 1. The molecule has 2 aliphatic heterocycles. The molecular weight excluding hydrogens is 484 g/mol. The van der Waals surface area contributed by atoms with E-state index in [0.29, 0.717) is 12.1 Å². The molecule has 0 aromatic heterocycles. The van der Waals surface area contributed by atoms with Crippen molar-refractivity contribution < 1.29 is 0 Å². The van der Waals surface area contributed by atoms with E-state index in [2.05, 4.69) is 82.7 Å². The Balaban J connectivity index is 1.05. The molecule has 0 amide bonds. The Morgan fingerprint density at radius 3 is 2.39 bits per heavy atom. The van der Waals surface area contributed by atoms with E-state index in [9.17, 15) is 0 Å². The van der Waals surface area contributed by atoms with Crippen LogP contribution in [0.4, 0.5) is 0 Å². The Labute approximate surface area is 235 Å². The average molecular weight is 531 g/mol. The molecule has 2 atom stereocenters. The quantitative estimate of drug-likeness (QED) is 0.236. The summed E-state index contributed by atoms with van der Waals surface area (Å²) in [5, 5.41) is 4.78. The fourth-order valence-electron chi connectivity index (χ4n) is 6.50. The maximum absolute atomic E-state index is 6.10. The first-order valence-corrected chi connectivity index (χ1v) is 15.5. The molecule has 2 fully saturated rings. The van der Waals surface area contributed by atoms with Crippen molar-refractivity contribution in [3.05, 3.63) is 71.8 Å². The van der Waals surface area contributed by atoms with Crippen LogP contribution < -0.4 is 5.32 Å². The van der Waals surface area contributed by atoms with E-state index in [-0.39, 0.29) is 0 Å². The zero-order chi connectivity index (χ0) is 26.2. The first-order valence-electron chi connectivity index (χ1n) is 15.1. The number of benzene rings is 2. The zero-order valence-corrected chi connectivity index (χ0v) is 24.0. The lowest BCUT2D eigenvalue weighted by Crippen LogP contribution is -2.37. The van der Waals surface area contributed by atoms with Gasteiger partial charge in [0.1, 0.15) is 0 Å². The summed E-state index contributed by atoms with van der Waals surface area (Å²) in [6, 6.07) is 22.7. The Bertz CT molecular complexity index is 1030. The number of amidine groups is 1. The Hall–Kier alpha value is -2.40. The van der Waals surface area contributed by atoms with E-state index in [0.717, 1.165) is 62.4 Å². The molecule has 0 bridgehead atoms. The van der Waals surface area contributed by atoms with Gasteiger partial charge in [-0.2, -0.15) is 0 Å². The summed E-state index contributed by atoms with van der Waals surface area (Å²) in [5.74, 6) is 2.89. The van der Waals surface area contributed by atoms with Gasteiger partial charge < -0.3 is 15.1 Å². The van der Waals surface area contributed by atoms with Crippen LogP contribution in [0.25, 0.3) is 0 Å². The van der Waals surface area contributed by atoms with Crippen LogP contribution in [0.2, 0.25) is 0 Å². The number of thiocarbonyl (C=S) groups is 1. The first kappa shape index (κ1) is 27.2. The smallest absolute Gasteiger partial charge is 0.172 e. The maximum atomic E-state index is 6.10. The third kappa shape index (κ3) is 7.37. The number of hydrogen-bond acceptors (Lipinski definition) is 3. The molecule has 3 aliphatic rings. The second kappa shape index (κ2) is 13.6. The first-order chi connectivity index (χ1) is 18.7. The lowest BCUT2D eigenvalue weighted by atomic mass is 9.82. The summed E-state index contributed by atoms with van der Waals surface area (Å²) >= 11 is 6.10. The molecule has 5 rings (SSSR count).